The number of anilines is 1. The van der Waals surface area contributed by atoms with Gasteiger partial charge in [0, 0.05) is 18.1 Å². The average molecular weight is 356 g/mol. The van der Waals surface area contributed by atoms with E-state index < -0.39 is 18.0 Å². The maximum atomic E-state index is 12.8. The molecule has 0 N–H and O–H groups in total. The predicted molar refractivity (Wildman–Crippen MR) is 95.1 cm³/mol. The molecule has 1 aromatic heterocycles. The molecule has 3 aromatic rings. The number of fused-ring (bicyclic) bond motifs is 1. The van der Waals surface area contributed by atoms with Gasteiger partial charge >= 0.3 is 6.18 Å². The van der Waals surface area contributed by atoms with Crippen molar-refractivity contribution in [1.29, 1.82) is 0 Å². The number of aliphatic imine (C=N–C) groups is 1. The topological polar surface area (TPSA) is 33.4 Å². The van der Waals surface area contributed by atoms with Crippen molar-refractivity contribution >= 4 is 22.9 Å². The number of aromatic nitrogens is 2. The van der Waals surface area contributed by atoms with Crippen LogP contribution in [0.1, 0.15) is 17.7 Å². The van der Waals surface area contributed by atoms with Gasteiger partial charge in [0.1, 0.15) is 5.82 Å². The normalized spacial score (nSPS) is 17.2. The minimum atomic E-state index is -4.36. The summed E-state index contributed by atoms with van der Waals surface area (Å²) in [5.41, 5.74) is 1.71. The molecule has 0 amide bonds. The van der Waals surface area contributed by atoms with Crippen LogP contribution < -0.4 is 4.90 Å². The van der Waals surface area contributed by atoms with Crippen molar-refractivity contribution in [2.24, 2.45) is 4.99 Å². The summed E-state index contributed by atoms with van der Waals surface area (Å²) in [6.45, 7) is 1.89. The van der Waals surface area contributed by atoms with Crippen LogP contribution in [0.3, 0.4) is 0 Å². The maximum Gasteiger partial charge on any atom is 0.416 e. The standard InChI is InChI=1S/C19H15F3N4/c1-13-24-16-5-2-3-6-17(16)26(13)18-23-11-4-12-25(18)15-9-7-14(8-10-15)19(20,21)22/h2-12,18H,1H3. The highest BCUT2D eigenvalue weighted by molar-refractivity contribution is 5.78. The van der Waals surface area contributed by atoms with E-state index in [0.29, 0.717) is 5.69 Å². The first-order valence-electron chi connectivity index (χ1n) is 8.04. The number of para-hydroxylation sites is 2. The second kappa shape index (κ2) is 6.01. The van der Waals surface area contributed by atoms with Gasteiger partial charge in [0.15, 0.2) is 0 Å². The van der Waals surface area contributed by atoms with Crippen LogP contribution in [-0.2, 0) is 6.18 Å². The van der Waals surface area contributed by atoms with E-state index in [2.05, 4.69) is 9.98 Å². The van der Waals surface area contributed by atoms with Crippen LogP contribution in [0.15, 0.2) is 65.8 Å². The molecule has 2 heterocycles. The van der Waals surface area contributed by atoms with Crippen molar-refractivity contribution in [3.05, 3.63) is 72.2 Å². The summed E-state index contributed by atoms with van der Waals surface area (Å²) in [6, 6.07) is 12.8. The molecule has 0 spiro atoms. The summed E-state index contributed by atoms with van der Waals surface area (Å²) in [4.78, 5) is 10.9. The van der Waals surface area contributed by atoms with Gasteiger partial charge in [0.2, 0.25) is 6.29 Å². The number of imidazole rings is 1. The van der Waals surface area contributed by atoms with Gasteiger partial charge < -0.3 is 4.90 Å². The zero-order valence-corrected chi connectivity index (χ0v) is 13.9. The van der Waals surface area contributed by atoms with Gasteiger partial charge in [-0.2, -0.15) is 13.2 Å². The monoisotopic (exact) mass is 356 g/mol. The molecule has 4 rings (SSSR count). The lowest BCUT2D eigenvalue weighted by Gasteiger charge is -2.31. The molecule has 1 atom stereocenters. The summed E-state index contributed by atoms with van der Waals surface area (Å²) in [6.07, 6.45) is 0.422. The fourth-order valence-corrected chi connectivity index (χ4v) is 3.10. The number of hydrogen-bond acceptors (Lipinski definition) is 3. The highest BCUT2D eigenvalue weighted by Crippen LogP contribution is 2.34. The average Bonchev–Trinajstić information content (AvgIpc) is 2.97. The largest absolute Gasteiger partial charge is 0.416 e. The van der Waals surface area contributed by atoms with E-state index in [1.54, 1.807) is 18.5 Å². The van der Waals surface area contributed by atoms with E-state index in [1.807, 2.05) is 40.7 Å². The number of alkyl halides is 3. The van der Waals surface area contributed by atoms with E-state index >= 15 is 0 Å². The minimum absolute atomic E-state index is 0.455. The molecule has 0 aliphatic carbocycles. The lowest BCUT2D eigenvalue weighted by atomic mass is 10.2. The van der Waals surface area contributed by atoms with Gasteiger partial charge in [-0.3, -0.25) is 4.57 Å². The molecule has 26 heavy (non-hydrogen) atoms. The Labute approximate surface area is 147 Å². The summed E-state index contributed by atoms with van der Waals surface area (Å²) >= 11 is 0. The van der Waals surface area contributed by atoms with Crippen molar-refractivity contribution in [1.82, 2.24) is 9.55 Å². The summed E-state index contributed by atoms with van der Waals surface area (Å²) < 4.78 is 40.4. The number of aryl methyl sites for hydroxylation is 1. The highest BCUT2D eigenvalue weighted by atomic mass is 19.4. The Bertz CT molecular complexity index is 1000. The molecule has 0 bridgehead atoms. The van der Waals surface area contributed by atoms with E-state index in [0.717, 1.165) is 29.0 Å². The van der Waals surface area contributed by atoms with Crippen LogP contribution in [0, 0.1) is 6.92 Å². The fourth-order valence-electron chi connectivity index (χ4n) is 3.10. The van der Waals surface area contributed by atoms with Crippen molar-refractivity contribution in [2.45, 2.75) is 19.4 Å². The molecule has 0 radical (unpaired) electrons. The SMILES string of the molecule is Cc1nc2ccccc2n1C1N=CC=CN1c1ccc(C(F)(F)F)cc1. The Kier molecular flexibility index (Phi) is 3.79. The molecule has 2 aromatic carbocycles. The zero-order valence-electron chi connectivity index (χ0n) is 13.9. The Hall–Kier alpha value is -3.09. The molecular weight excluding hydrogens is 341 g/mol. The Morgan fingerprint density at radius 3 is 2.46 bits per heavy atom. The molecule has 1 aliphatic rings. The van der Waals surface area contributed by atoms with Crippen LogP contribution >= 0.6 is 0 Å². The maximum absolute atomic E-state index is 12.8. The van der Waals surface area contributed by atoms with E-state index in [9.17, 15) is 13.2 Å². The van der Waals surface area contributed by atoms with Crippen molar-refractivity contribution in [3.63, 3.8) is 0 Å². The predicted octanol–water partition coefficient (Wildman–Crippen LogP) is 4.92. The molecule has 4 nitrogen and oxygen atoms in total. The number of benzene rings is 2. The van der Waals surface area contributed by atoms with Gasteiger partial charge in [0.05, 0.1) is 16.6 Å². The van der Waals surface area contributed by atoms with Crippen molar-refractivity contribution in [2.75, 3.05) is 4.90 Å². The minimum Gasteiger partial charge on any atom is -0.308 e. The van der Waals surface area contributed by atoms with Gasteiger partial charge in [-0.1, -0.05) is 12.1 Å². The van der Waals surface area contributed by atoms with Gasteiger partial charge in [-0.05, 0) is 49.4 Å². The molecule has 0 saturated heterocycles. The van der Waals surface area contributed by atoms with E-state index in [1.165, 1.54) is 12.1 Å². The molecule has 0 fully saturated rings. The lowest BCUT2D eigenvalue weighted by molar-refractivity contribution is -0.137. The number of nitrogens with zero attached hydrogens (tertiary/aromatic N) is 4. The number of halogens is 3. The third kappa shape index (κ3) is 2.75. The van der Waals surface area contributed by atoms with Crippen LogP contribution in [0.2, 0.25) is 0 Å². The van der Waals surface area contributed by atoms with Crippen molar-refractivity contribution < 1.29 is 13.2 Å². The van der Waals surface area contributed by atoms with Crippen LogP contribution in [-0.4, -0.2) is 15.8 Å². The van der Waals surface area contributed by atoms with Crippen LogP contribution in [0.4, 0.5) is 18.9 Å². The fraction of sp³-hybridized carbons (Fsp3) is 0.158. The first kappa shape index (κ1) is 16.4. The number of allylic oxidation sites excluding steroid dienone is 1. The number of hydrogen-bond donors (Lipinski definition) is 0. The molecule has 0 saturated carbocycles. The summed E-state index contributed by atoms with van der Waals surface area (Å²) in [5.74, 6) is 0.778. The second-order valence-corrected chi connectivity index (χ2v) is 5.96. The summed E-state index contributed by atoms with van der Waals surface area (Å²) in [5, 5.41) is 0. The van der Waals surface area contributed by atoms with Crippen LogP contribution in [0.25, 0.3) is 11.0 Å². The molecule has 132 valence electrons. The third-order valence-corrected chi connectivity index (χ3v) is 4.30. The van der Waals surface area contributed by atoms with E-state index in [-0.39, 0.29) is 0 Å². The lowest BCUT2D eigenvalue weighted by Crippen LogP contribution is -2.29. The Morgan fingerprint density at radius 2 is 1.73 bits per heavy atom. The van der Waals surface area contributed by atoms with E-state index in [4.69, 9.17) is 0 Å². The van der Waals surface area contributed by atoms with Crippen molar-refractivity contribution in [3.8, 4) is 0 Å². The highest BCUT2D eigenvalue weighted by Gasteiger charge is 2.31. The third-order valence-electron chi connectivity index (χ3n) is 4.30. The zero-order chi connectivity index (χ0) is 18.3. The van der Waals surface area contributed by atoms with Crippen LogP contribution in [0.5, 0.6) is 0 Å². The molecule has 1 aliphatic heterocycles. The molecular formula is C19H15F3N4. The smallest absolute Gasteiger partial charge is 0.308 e. The first-order chi connectivity index (χ1) is 12.4. The van der Waals surface area contributed by atoms with Gasteiger partial charge in [0.25, 0.3) is 0 Å². The Morgan fingerprint density at radius 1 is 1.00 bits per heavy atom. The molecule has 7 heteroatoms. The molecule has 1 unspecified atom stereocenters. The first-order valence-corrected chi connectivity index (χ1v) is 8.04. The van der Waals surface area contributed by atoms with Gasteiger partial charge in [-0.15, -0.1) is 0 Å². The quantitative estimate of drug-likeness (QED) is 0.653. The summed E-state index contributed by atoms with van der Waals surface area (Å²) in [7, 11) is 0. The van der Waals surface area contributed by atoms with Gasteiger partial charge in [-0.25, -0.2) is 9.98 Å². The second-order valence-electron chi connectivity index (χ2n) is 5.96. The Balaban J connectivity index is 1.77. The number of rotatable bonds is 2.